The molecule has 1 N–H and O–H groups in total. The largest absolute Gasteiger partial charge is 0.391 e. The van der Waals surface area contributed by atoms with E-state index >= 15 is 0 Å². The fourth-order valence-corrected chi connectivity index (χ4v) is 9.46. The van der Waals surface area contributed by atoms with Gasteiger partial charge in [0.25, 0.3) is 0 Å². The van der Waals surface area contributed by atoms with Crippen molar-refractivity contribution >= 4 is 11.6 Å². The van der Waals surface area contributed by atoms with Crippen molar-refractivity contribution in [3.8, 4) is 0 Å². The lowest BCUT2D eigenvalue weighted by atomic mass is 9.43. The third-order valence-corrected chi connectivity index (χ3v) is 10.9. The molecule has 0 aromatic rings. The summed E-state index contributed by atoms with van der Waals surface area (Å²) < 4.78 is 5.90. The van der Waals surface area contributed by atoms with Crippen molar-refractivity contribution in [1.82, 2.24) is 4.90 Å². The molecule has 1 saturated heterocycles. The standard InChI is InChI=1S/C27H43NO4/c1-16(29)19-8-9-20-18-7-6-17-14-22(30)23(28-12-13-32-25(2,3)15-28)24(31)27(17,5)21(18)10-11-26(19,20)4/h17-23,30H,6-15H2,1-5H3/t17?,18-,19+,20-,21-,22?,23?,26+,27-/m0/s1. The molecular formula is C27H43NO4. The van der Waals surface area contributed by atoms with E-state index in [9.17, 15) is 14.7 Å². The Morgan fingerprint density at radius 2 is 1.81 bits per heavy atom. The molecule has 0 amide bonds. The van der Waals surface area contributed by atoms with Crippen LogP contribution in [0, 0.1) is 40.4 Å². The van der Waals surface area contributed by atoms with Gasteiger partial charge in [0, 0.05) is 24.4 Å². The second-order valence-electron chi connectivity index (χ2n) is 12.9. The molecule has 32 heavy (non-hydrogen) atoms. The molecule has 180 valence electrons. The molecule has 5 aliphatic rings. The first-order valence-electron chi connectivity index (χ1n) is 13.1. The predicted molar refractivity (Wildman–Crippen MR) is 123 cm³/mol. The molecule has 0 aromatic carbocycles. The van der Waals surface area contributed by atoms with Crippen LogP contribution in [-0.4, -0.2) is 59.0 Å². The highest BCUT2D eigenvalue weighted by atomic mass is 16.5. The molecule has 0 spiro atoms. The zero-order valence-electron chi connectivity index (χ0n) is 20.7. The number of nitrogens with zero attached hydrogens (tertiary/aromatic N) is 1. The minimum atomic E-state index is -0.576. The van der Waals surface area contributed by atoms with Gasteiger partial charge in [0.1, 0.15) is 5.78 Å². The molecule has 0 bridgehead atoms. The van der Waals surface area contributed by atoms with Crippen molar-refractivity contribution in [2.24, 2.45) is 40.4 Å². The number of hydrogen-bond acceptors (Lipinski definition) is 5. The van der Waals surface area contributed by atoms with Gasteiger partial charge in [-0.25, -0.2) is 0 Å². The smallest absolute Gasteiger partial charge is 0.159 e. The molecule has 5 fully saturated rings. The second-order valence-corrected chi connectivity index (χ2v) is 12.9. The SMILES string of the molecule is CC(=O)[C@H]1CC[C@H]2[C@@H]3CCC4CC(O)C(N5CCOC(C)(C)C5)C(=O)[C@]4(C)[C@H]3CC[C@]12C. The highest BCUT2D eigenvalue weighted by molar-refractivity contribution is 5.92. The van der Waals surface area contributed by atoms with E-state index in [2.05, 4.69) is 32.6 Å². The van der Waals surface area contributed by atoms with Crippen LogP contribution >= 0.6 is 0 Å². The van der Waals surface area contributed by atoms with Gasteiger partial charge in [0.05, 0.1) is 24.4 Å². The zero-order valence-corrected chi connectivity index (χ0v) is 20.7. The minimum absolute atomic E-state index is 0.112. The first kappa shape index (κ1) is 23.0. The Hall–Kier alpha value is -0.780. The lowest BCUT2D eigenvalue weighted by molar-refractivity contribution is -0.182. The van der Waals surface area contributed by atoms with Gasteiger partial charge < -0.3 is 9.84 Å². The van der Waals surface area contributed by atoms with E-state index in [1.165, 1.54) is 0 Å². The fourth-order valence-electron chi connectivity index (χ4n) is 9.46. The lowest BCUT2D eigenvalue weighted by Gasteiger charge is -2.61. The number of ketones is 2. The quantitative estimate of drug-likeness (QED) is 0.699. The first-order valence-corrected chi connectivity index (χ1v) is 13.1. The van der Waals surface area contributed by atoms with Crippen LogP contribution in [0.15, 0.2) is 0 Å². The predicted octanol–water partition coefficient (Wildman–Crippen LogP) is 3.86. The number of carbonyl (C=O) groups excluding carboxylic acids is 2. The highest BCUT2D eigenvalue weighted by Crippen LogP contribution is 2.67. The zero-order chi connectivity index (χ0) is 23.1. The van der Waals surface area contributed by atoms with Gasteiger partial charge in [0.2, 0.25) is 0 Å². The number of aliphatic hydroxyl groups excluding tert-OH is 1. The summed E-state index contributed by atoms with van der Waals surface area (Å²) in [7, 11) is 0. The van der Waals surface area contributed by atoms with Crippen molar-refractivity contribution in [3.63, 3.8) is 0 Å². The Morgan fingerprint density at radius 1 is 1.06 bits per heavy atom. The molecule has 5 rings (SSSR count). The number of carbonyl (C=O) groups is 2. The van der Waals surface area contributed by atoms with Crippen LogP contribution in [0.1, 0.15) is 79.6 Å². The van der Waals surface area contributed by atoms with E-state index in [1.807, 2.05) is 0 Å². The van der Waals surface area contributed by atoms with Gasteiger partial charge in [-0.2, -0.15) is 0 Å². The maximum Gasteiger partial charge on any atom is 0.159 e. The molecule has 1 aliphatic heterocycles. The number of ether oxygens (including phenoxy) is 1. The molecular weight excluding hydrogens is 402 g/mol. The van der Waals surface area contributed by atoms with Crippen molar-refractivity contribution in [2.45, 2.75) is 97.3 Å². The third-order valence-electron chi connectivity index (χ3n) is 10.9. The monoisotopic (exact) mass is 445 g/mol. The summed E-state index contributed by atoms with van der Waals surface area (Å²) >= 11 is 0. The van der Waals surface area contributed by atoms with Crippen LogP contribution in [-0.2, 0) is 14.3 Å². The normalized spacial score (nSPS) is 50.9. The Morgan fingerprint density at radius 3 is 2.50 bits per heavy atom. The molecule has 0 radical (unpaired) electrons. The molecule has 4 aliphatic carbocycles. The van der Waals surface area contributed by atoms with Crippen molar-refractivity contribution in [2.75, 3.05) is 19.7 Å². The van der Waals surface area contributed by atoms with E-state index in [4.69, 9.17) is 4.74 Å². The molecule has 1 heterocycles. The maximum absolute atomic E-state index is 14.3. The summed E-state index contributed by atoms with van der Waals surface area (Å²) in [4.78, 5) is 28.9. The average molecular weight is 446 g/mol. The van der Waals surface area contributed by atoms with Crippen LogP contribution in [0.2, 0.25) is 0 Å². The van der Waals surface area contributed by atoms with E-state index in [-0.39, 0.29) is 28.3 Å². The number of rotatable bonds is 2. The molecule has 3 unspecified atom stereocenters. The van der Waals surface area contributed by atoms with E-state index in [0.717, 1.165) is 44.9 Å². The molecule has 5 nitrogen and oxygen atoms in total. The summed E-state index contributed by atoms with van der Waals surface area (Å²) in [5, 5.41) is 11.2. The number of aliphatic hydroxyl groups is 1. The summed E-state index contributed by atoms with van der Waals surface area (Å²) in [5.41, 5.74) is -0.532. The Bertz CT molecular complexity index is 795. The third kappa shape index (κ3) is 3.20. The fraction of sp³-hybridized carbons (Fsp3) is 0.926. The number of fused-ring (bicyclic) bond motifs is 5. The van der Waals surface area contributed by atoms with Crippen molar-refractivity contribution < 1.29 is 19.4 Å². The topological polar surface area (TPSA) is 66.8 Å². The van der Waals surface area contributed by atoms with E-state index in [1.54, 1.807) is 6.92 Å². The molecule has 4 saturated carbocycles. The van der Waals surface area contributed by atoms with Crippen molar-refractivity contribution in [3.05, 3.63) is 0 Å². The van der Waals surface area contributed by atoms with Gasteiger partial charge in [-0.3, -0.25) is 14.5 Å². The number of hydrogen-bond donors (Lipinski definition) is 1. The van der Waals surface area contributed by atoms with Gasteiger partial charge in [-0.05, 0) is 94.8 Å². The summed E-state index contributed by atoms with van der Waals surface area (Å²) in [6.45, 7) is 12.6. The Labute approximate surface area is 193 Å². The van der Waals surface area contributed by atoms with Crippen LogP contribution in [0.5, 0.6) is 0 Å². The average Bonchev–Trinajstić information content (AvgIpc) is 3.06. The Balaban J connectivity index is 1.44. The van der Waals surface area contributed by atoms with E-state index < -0.39 is 12.1 Å². The van der Waals surface area contributed by atoms with Crippen LogP contribution < -0.4 is 0 Å². The number of morpholine rings is 1. The number of Topliss-reactive ketones (excluding diaryl/α,β-unsaturated/α-hetero) is 2. The van der Waals surface area contributed by atoms with Gasteiger partial charge in [-0.15, -0.1) is 0 Å². The lowest BCUT2D eigenvalue weighted by Crippen LogP contribution is -2.67. The maximum atomic E-state index is 14.3. The molecule has 0 aromatic heterocycles. The summed E-state index contributed by atoms with van der Waals surface area (Å²) in [5.74, 6) is 2.63. The Kier molecular flexibility index (Phi) is 5.47. The van der Waals surface area contributed by atoms with Crippen molar-refractivity contribution in [1.29, 1.82) is 0 Å². The van der Waals surface area contributed by atoms with Gasteiger partial charge in [0.15, 0.2) is 5.78 Å². The van der Waals surface area contributed by atoms with Crippen LogP contribution in [0.4, 0.5) is 0 Å². The minimum Gasteiger partial charge on any atom is -0.391 e. The van der Waals surface area contributed by atoms with Gasteiger partial charge >= 0.3 is 0 Å². The van der Waals surface area contributed by atoms with Crippen LogP contribution in [0.25, 0.3) is 0 Å². The first-order chi connectivity index (χ1) is 15.0. The van der Waals surface area contributed by atoms with E-state index in [0.29, 0.717) is 49.0 Å². The van der Waals surface area contributed by atoms with Gasteiger partial charge in [-0.1, -0.05) is 13.8 Å². The highest BCUT2D eigenvalue weighted by Gasteiger charge is 2.65. The van der Waals surface area contributed by atoms with Crippen LogP contribution in [0.3, 0.4) is 0 Å². The summed E-state index contributed by atoms with van der Waals surface area (Å²) in [6, 6.07) is -0.403. The second kappa shape index (κ2) is 7.61. The molecule has 9 atom stereocenters. The molecule has 5 heteroatoms. The summed E-state index contributed by atoms with van der Waals surface area (Å²) in [6.07, 6.45) is 6.65.